The van der Waals surface area contributed by atoms with E-state index in [1.54, 1.807) is 48.3 Å². The van der Waals surface area contributed by atoms with Crippen LogP contribution in [0, 0.1) is 0 Å². The lowest BCUT2D eigenvalue weighted by Crippen LogP contribution is -2.25. The Morgan fingerprint density at radius 2 is 2.05 bits per heavy atom. The second kappa shape index (κ2) is 5.52. The number of nitrogens with one attached hydrogen (secondary N) is 1. The van der Waals surface area contributed by atoms with Crippen molar-refractivity contribution in [2.75, 3.05) is 0 Å². The number of nitrogens with two attached hydrogens (primary N) is 1. The molecule has 7 heteroatoms. The molecular weight excluding hydrogens is 264 g/mol. The molecule has 1 aromatic carbocycles. The Labute approximate surface area is 112 Å². The fourth-order valence-corrected chi connectivity index (χ4v) is 2.99. The van der Waals surface area contributed by atoms with Crippen LogP contribution in [0.5, 0.6) is 0 Å². The van der Waals surface area contributed by atoms with E-state index in [2.05, 4.69) is 9.82 Å². The van der Waals surface area contributed by atoms with Crippen molar-refractivity contribution in [3.05, 3.63) is 47.8 Å². The highest BCUT2D eigenvalue weighted by Crippen LogP contribution is 2.14. The lowest BCUT2D eigenvalue weighted by molar-refractivity contribution is 0.578. The van der Waals surface area contributed by atoms with Crippen LogP contribution in [-0.2, 0) is 30.2 Å². The number of aromatic nitrogens is 2. The van der Waals surface area contributed by atoms with E-state index in [4.69, 9.17) is 5.73 Å². The Balaban J connectivity index is 2.18. The molecule has 6 nitrogen and oxygen atoms in total. The van der Waals surface area contributed by atoms with Gasteiger partial charge in [-0.1, -0.05) is 18.2 Å². The van der Waals surface area contributed by atoms with E-state index >= 15 is 0 Å². The maximum Gasteiger partial charge on any atom is 0.241 e. The van der Waals surface area contributed by atoms with E-state index < -0.39 is 10.0 Å². The first-order valence-corrected chi connectivity index (χ1v) is 7.27. The summed E-state index contributed by atoms with van der Waals surface area (Å²) >= 11 is 0. The number of rotatable bonds is 5. The molecule has 0 aliphatic rings. The van der Waals surface area contributed by atoms with Gasteiger partial charge in [0.1, 0.15) is 0 Å². The summed E-state index contributed by atoms with van der Waals surface area (Å²) in [5.41, 5.74) is 6.81. The van der Waals surface area contributed by atoms with Crippen molar-refractivity contribution in [1.82, 2.24) is 14.5 Å². The highest BCUT2D eigenvalue weighted by atomic mass is 32.2. The van der Waals surface area contributed by atoms with Gasteiger partial charge in [0.05, 0.1) is 17.1 Å². The number of hydrogen-bond donors (Lipinski definition) is 2. The molecule has 2 rings (SSSR count). The molecule has 0 aliphatic carbocycles. The lowest BCUT2D eigenvalue weighted by Gasteiger charge is -2.09. The molecule has 102 valence electrons. The van der Waals surface area contributed by atoms with Crippen LogP contribution in [0.25, 0.3) is 0 Å². The van der Waals surface area contributed by atoms with Gasteiger partial charge < -0.3 is 5.73 Å². The molecular formula is C12H16N4O2S. The molecule has 3 N–H and O–H groups in total. The Morgan fingerprint density at radius 1 is 1.32 bits per heavy atom. The van der Waals surface area contributed by atoms with Crippen LogP contribution >= 0.6 is 0 Å². The zero-order valence-electron chi connectivity index (χ0n) is 10.6. The summed E-state index contributed by atoms with van der Waals surface area (Å²) in [7, 11) is -1.79. The summed E-state index contributed by atoms with van der Waals surface area (Å²) in [5.74, 6) is 0. The zero-order valence-corrected chi connectivity index (χ0v) is 11.4. The van der Waals surface area contributed by atoms with Gasteiger partial charge in [0.2, 0.25) is 10.0 Å². The number of hydrogen-bond acceptors (Lipinski definition) is 4. The van der Waals surface area contributed by atoms with Crippen LogP contribution in [-0.4, -0.2) is 18.2 Å². The Kier molecular flexibility index (Phi) is 3.98. The van der Waals surface area contributed by atoms with Gasteiger partial charge in [-0.25, -0.2) is 13.1 Å². The van der Waals surface area contributed by atoms with Gasteiger partial charge in [-0.2, -0.15) is 5.10 Å². The first kappa shape index (κ1) is 13.7. The van der Waals surface area contributed by atoms with Crippen molar-refractivity contribution in [2.24, 2.45) is 12.8 Å². The number of aryl methyl sites for hydroxylation is 1. The average Bonchev–Trinajstić information content (AvgIpc) is 2.82. The van der Waals surface area contributed by atoms with E-state index in [1.165, 1.54) is 0 Å². The summed E-state index contributed by atoms with van der Waals surface area (Å²) in [6.45, 7) is 0.336. The van der Waals surface area contributed by atoms with Gasteiger partial charge in [0.15, 0.2) is 0 Å². The molecule has 0 fully saturated rings. The maximum absolute atomic E-state index is 12.2. The van der Waals surface area contributed by atoms with Crippen molar-refractivity contribution in [2.45, 2.75) is 18.0 Å². The summed E-state index contributed by atoms with van der Waals surface area (Å²) in [6.07, 6.45) is 1.76. The van der Waals surface area contributed by atoms with Crippen LogP contribution in [0.2, 0.25) is 0 Å². The van der Waals surface area contributed by atoms with Crippen molar-refractivity contribution in [1.29, 1.82) is 0 Å². The summed E-state index contributed by atoms with van der Waals surface area (Å²) in [5, 5.41) is 4.12. The number of benzene rings is 1. The minimum atomic E-state index is -3.57. The monoisotopic (exact) mass is 280 g/mol. The van der Waals surface area contributed by atoms with Gasteiger partial charge >= 0.3 is 0 Å². The average molecular weight is 280 g/mol. The van der Waals surface area contributed by atoms with Gasteiger partial charge in [-0.05, 0) is 17.7 Å². The molecule has 0 saturated heterocycles. The van der Waals surface area contributed by atoms with Gasteiger partial charge in [0.25, 0.3) is 0 Å². The lowest BCUT2D eigenvalue weighted by atomic mass is 10.2. The highest BCUT2D eigenvalue weighted by Gasteiger charge is 2.17. The van der Waals surface area contributed by atoms with Gasteiger partial charge in [-0.3, -0.25) is 4.68 Å². The Bertz CT molecular complexity index is 664. The van der Waals surface area contributed by atoms with Crippen LogP contribution in [0.1, 0.15) is 11.3 Å². The second-order valence-electron chi connectivity index (χ2n) is 4.12. The molecule has 0 bridgehead atoms. The highest BCUT2D eigenvalue weighted by molar-refractivity contribution is 7.89. The molecule has 0 unspecified atom stereocenters. The van der Waals surface area contributed by atoms with Crippen molar-refractivity contribution >= 4 is 10.0 Å². The third-order valence-electron chi connectivity index (χ3n) is 2.69. The minimum absolute atomic E-state index is 0.155. The van der Waals surface area contributed by atoms with E-state index in [0.29, 0.717) is 11.3 Å². The smallest absolute Gasteiger partial charge is 0.241 e. The number of sulfonamides is 1. The molecule has 1 aromatic heterocycles. The molecule has 0 saturated carbocycles. The van der Waals surface area contributed by atoms with Gasteiger partial charge in [-0.15, -0.1) is 0 Å². The molecule has 0 amide bonds. The summed E-state index contributed by atoms with van der Waals surface area (Å²) in [6, 6.07) is 8.45. The largest absolute Gasteiger partial charge is 0.326 e. The van der Waals surface area contributed by atoms with Crippen molar-refractivity contribution < 1.29 is 8.42 Å². The quantitative estimate of drug-likeness (QED) is 0.827. The third kappa shape index (κ3) is 3.19. The van der Waals surface area contributed by atoms with E-state index in [1.807, 2.05) is 0 Å². The predicted molar refractivity (Wildman–Crippen MR) is 71.6 cm³/mol. The first-order valence-electron chi connectivity index (χ1n) is 5.79. The standard InChI is InChI=1S/C12H16N4O2S/c1-16-7-6-11(15-16)9-14-19(17,18)12-5-3-2-4-10(12)8-13/h2-7,14H,8-9,13H2,1H3. The van der Waals surface area contributed by atoms with Crippen LogP contribution < -0.4 is 10.5 Å². The fourth-order valence-electron chi connectivity index (χ4n) is 1.74. The number of nitrogens with zero attached hydrogens (tertiary/aromatic N) is 2. The van der Waals surface area contributed by atoms with Crippen LogP contribution in [0.15, 0.2) is 41.4 Å². The topological polar surface area (TPSA) is 90.0 Å². The molecule has 0 radical (unpaired) electrons. The molecule has 0 spiro atoms. The second-order valence-corrected chi connectivity index (χ2v) is 5.85. The first-order chi connectivity index (χ1) is 9.03. The maximum atomic E-state index is 12.2. The predicted octanol–water partition coefficient (Wildman–Crippen LogP) is 0.357. The van der Waals surface area contributed by atoms with E-state index in [0.717, 1.165) is 0 Å². The summed E-state index contributed by atoms with van der Waals surface area (Å²) in [4.78, 5) is 0.216. The molecule has 2 aromatic rings. The molecule has 0 aliphatic heterocycles. The molecule has 0 atom stereocenters. The zero-order chi connectivity index (χ0) is 13.9. The fraction of sp³-hybridized carbons (Fsp3) is 0.250. The van der Waals surface area contributed by atoms with Crippen molar-refractivity contribution in [3.8, 4) is 0 Å². The normalized spacial score (nSPS) is 11.7. The molecule has 19 heavy (non-hydrogen) atoms. The van der Waals surface area contributed by atoms with Crippen LogP contribution in [0.4, 0.5) is 0 Å². The minimum Gasteiger partial charge on any atom is -0.326 e. The van der Waals surface area contributed by atoms with Crippen LogP contribution in [0.3, 0.4) is 0 Å². The summed E-state index contributed by atoms with van der Waals surface area (Å²) < 4.78 is 28.5. The van der Waals surface area contributed by atoms with Gasteiger partial charge in [0, 0.05) is 19.8 Å². The SMILES string of the molecule is Cn1ccc(CNS(=O)(=O)c2ccccc2CN)n1. The van der Waals surface area contributed by atoms with E-state index in [-0.39, 0.29) is 18.0 Å². The molecule has 1 heterocycles. The Morgan fingerprint density at radius 3 is 2.68 bits per heavy atom. The van der Waals surface area contributed by atoms with E-state index in [9.17, 15) is 8.42 Å². The van der Waals surface area contributed by atoms with Crippen molar-refractivity contribution in [3.63, 3.8) is 0 Å². The Hall–Kier alpha value is -1.70. The third-order valence-corrected chi connectivity index (χ3v) is 4.20.